The predicted molar refractivity (Wildman–Crippen MR) is 128 cm³/mol. The highest BCUT2D eigenvalue weighted by atomic mass is 31.2. The Balaban J connectivity index is 0.00000141. The smallest absolute Gasteiger partial charge is 0.257 e. The lowest BCUT2D eigenvalue weighted by atomic mass is 10.1. The van der Waals surface area contributed by atoms with Crippen LogP contribution in [0.2, 0.25) is 0 Å². The lowest BCUT2D eigenvalue weighted by Gasteiger charge is -2.16. The van der Waals surface area contributed by atoms with Crippen LogP contribution in [0.5, 0.6) is 5.75 Å². The van der Waals surface area contributed by atoms with Gasteiger partial charge in [-0.2, -0.15) is 0 Å². The van der Waals surface area contributed by atoms with Gasteiger partial charge in [0.05, 0.1) is 43.3 Å². The highest BCUT2D eigenvalue weighted by Gasteiger charge is 2.24. The number of pyridine rings is 2. The van der Waals surface area contributed by atoms with Crippen LogP contribution in [-0.2, 0) is 22.2 Å². The molecule has 1 aromatic carbocycles. The molecule has 8 heteroatoms. The first-order valence-corrected chi connectivity index (χ1v) is 12.4. The lowest BCUT2D eigenvalue weighted by Crippen LogP contribution is -2.24. The number of ether oxygens (including phenoxy) is 1. The molecule has 0 fully saturated rings. The summed E-state index contributed by atoms with van der Waals surface area (Å²) in [5.74, 6) is 0.724. The zero-order valence-electron chi connectivity index (χ0n) is 19.3. The van der Waals surface area contributed by atoms with E-state index in [9.17, 15) is 9.90 Å². The van der Waals surface area contributed by atoms with Crippen molar-refractivity contribution in [2.24, 2.45) is 0 Å². The van der Waals surface area contributed by atoms with Crippen molar-refractivity contribution in [1.82, 2.24) is 9.55 Å². The van der Waals surface area contributed by atoms with Gasteiger partial charge in [0.25, 0.3) is 5.56 Å². The molecule has 0 unspecified atom stereocenters. The summed E-state index contributed by atoms with van der Waals surface area (Å²) in [6, 6.07) is 9.74. The quantitative estimate of drug-likeness (QED) is 0.375. The van der Waals surface area contributed by atoms with E-state index in [0.717, 1.165) is 39.2 Å². The molecule has 3 heterocycles. The Morgan fingerprint density at radius 1 is 1.12 bits per heavy atom. The molecular weight excluding hydrogens is 427 g/mol. The molecule has 32 heavy (non-hydrogen) atoms. The zero-order valence-corrected chi connectivity index (χ0v) is 20.2. The molecule has 0 saturated heterocycles. The van der Waals surface area contributed by atoms with E-state index in [0.29, 0.717) is 31.7 Å². The normalized spacial score (nSPS) is 11.8. The lowest BCUT2D eigenvalue weighted by molar-refractivity contribution is 0.243. The number of aromatic nitrogens is 2. The van der Waals surface area contributed by atoms with E-state index in [4.69, 9.17) is 18.8 Å². The minimum atomic E-state index is -1.07. The number of rotatable bonds is 8. The second-order valence-corrected chi connectivity index (χ2v) is 8.47. The first-order valence-electron chi connectivity index (χ1n) is 11.0. The van der Waals surface area contributed by atoms with E-state index in [2.05, 4.69) is 6.07 Å². The van der Waals surface area contributed by atoms with Gasteiger partial charge >= 0.3 is 0 Å². The molecule has 4 rings (SSSR count). The van der Waals surface area contributed by atoms with Gasteiger partial charge in [-0.3, -0.25) is 4.79 Å². The number of fused-ring (bicyclic) bond motifs is 4. The first kappa shape index (κ1) is 24.3. The molecule has 3 aromatic rings. The van der Waals surface area contributed by atoms with E-state index in [1.54, 1.807) is 4.57 Å². The van der Waals surface area contributed by atoms with Crippen LogP contribution in [0.25, 0.3) is 22.3 Å². The van der Waals surface area contributed by atoms with Gasteiger partial charge in [0, 0.05) is 16.5 Å². The molecule has 1 aliphatic rings. The predicted octanol–water partition coefficient (Wildman–Crippen LogP) is 4.97. The van der Waals surface area contributed by atoms with E-state index in [-0.39, 0.29) is 12.2 Å². The summed E-state index contributed by atoms with van der Waals surface area (Å²) in [5, 5.41) is 10.5. The van der Waals surface area contributed by atoms with Crippen LogP contribution in [0.3, 0.4) is 0 Å². The zero-order chi connectivity index (χ0) is 23.3. The molecular formula is C24H31N2O5P. The molecule has 0 atom stereocenters. The van der Waals surface area contributed by atoms with Gasteiger partial charge in [0.2, 0.25) is 8.38 Å². The highest BCUT2D eigenvalue weighted by molar-refractivity contribution is 7.47. The summed E-state index contributed by atoms with van der Waals surface area (Å²) >= 11 is 0. The molecule has 0 aliphatic carbocycles. The maximum Gasteiger partial charge on any atom is 0.257 e. The van der Waals surface area contributed by atoms with Crippen LogP contribution in [0.1, 0.15) is 44.4 Å². The van der Waals surface area contributed by atoms with E-state index in [1.165, 1.54) is 0 Å². The molecule has 0 saturated carbocycles. The van der Waals surface area contributed by atoms with E-state index in [1.807, 2.05) is 58.9 Å². The van der Waals surface area contributed by atoms with Crippen molar-refractivity contribution < 1.29 is 18.9 Å². The number of nitrogens with zero attached hydrogens (tertiary/aromatic N) is 2. The number of hydrogen-bond donors (Lipinski definition) is 1. The Morgan fingerprint density at radius 2 is 1.84 bits per heavy atom. The average Bonchev–Trinajstić information content (AvgIpc) is 3.15. The second kappa shape index (κ2) is 11.0. The Kier molecular flexibility index (Phi) is 8.38. The summed E-state index contributed by atoms with van der Waals surface area (Å²) in [4.78, 5) is 17.5. The largest absolute Gasteiger partial charge is 0.484 e. The third-order valence-corrected chi connectivity index (χ3v) is 6.53. The van der Waals surface area contributed by atoms with Crippen LogP contribution in [0.15, 0.2) is 35.1 Å². The maximum absolute atomic E-state index is 12.7. The standard InChI is InChI=1S/C22H25N2O5P.C2H6/c1-4-28-30(29-5-2)13-27-17-6-7-19-15(10-17)9-16-11-24-20(21(16)23-19)8-14(3)18(12-25)22(24)26;1-2/h6-10,25H,4-5,11-13H2,1-3H3;1-2H3. The van der Waals surface area contributed by atoms with Crippen molar-refractivity contribution in [3.63, 3.8) is 0 Å². The van der Waals surface area contributed by atoms with Crippen LogP contribution in [0, 0.1) is 6.92 Å². The van der Waals surface area contributed by atoms with Gasteiger partial charge in [0.15, 0.2) is 6.35 Å². The molecule has 0 radical (unpaired) electrons. The van der Waals surface area contributed by atoms with E-state index >= 15 is 0 Å². The van der Waals surface area contributed by atoms with Crippen molar-refractivity contribution in [3.05, 3.63) is 57.4 Å². The van der Waals surface area contributed by atoms with Crippen molar-refractivity contribution in [3.8, 4) is 17.1 Å². The number of aliphatic hydroxyl groups is 1. The monoisotopic (exact) mass is 458 g/mol. The Labute approximate surface area is 189 Å². The Hall–Kier alpha value is -2.31. The number of hydrogen-bond acceptors (Lipinski definition) is 6. The number of aliphatic hydroxyl groups excluding tert-OH is 1. The van der Waals surface area contributed by atoms with Gasteiger partial charge in [-0.1, -0.05) is 13.8 Å². The van der Waals surface area contributed by atoms with Gasteiger partial charge in [-0.05, 0) is 56.7 Å². The van der Waals surface area contributed by atoms with Crippen molar-refractivity contribution in [1.29, 1.82) is 0 Å². The summed E-state index contributed by atoms with van der Waals surface area (Å²) in [6.45, 7) is 11.1. The minimum absolute atomic E-state index is 0.154. The van der Waals surface area contributed by atoms with Gasteiger partial charge in [-0.25, -0.2) is 4.98 Å². The van der Waals surface area contributed by atoms with E-state index < -0.39 is 8.38 Å². The fraction of sp³-hybridized carbons (Fsp3) is 0.417. The van der Waals surface area contributed by atoms with Crippen molar-refractivity contribution >= 4 is 19.3 Å². The SMILES string of the molecule is CC.CCOP(COc1ccc2nc3c(cc2c1)Cn1c-3cc(C)c(CO)c1=O)OCC. The fourth-order valence-electron chi connectivity index (χ4n) is 3.68. The average molecular weight is 458 g/mol. The molecule has 2 aromatic heterocycles. The second-order valence-electron chi connectivity index (χ2n) is 7.03. The van der Waals surface area contributed by atoms with Crippen LogP contribution < -0.4 is 10.3 Å². The molecule has 0 amide bonds. The topological polar surface area (TPSA) is 82.8 Å². The third kappa shape index (κ3) is 4.86. The summed E-state index contributed by atoms with van der Waals surface area (Å²) in [6.07, 6.45) is 0.366. The summed E-state index contributed by atoms with van der Waals surface area (Å²) in [7, 11) is -1.07. The highest BCUT2D eigenvalue weighted by Crippen LogP contribution is 2.39. The van der Waals surface area contributed by atoms with Crippen LogP contribution in [0.4, 0.5) is 0 Å². The van der Waals surface area contributed by atoms with Crippen molar-refractivity contribution in [2.45, 2.75) is 47.8 Å². The van der Waals surface area contributed by atoms with Crippen LogP contribution in [-0.4, -0.2) is 34.2 Å². The molecule has 7 nitrogen and oxygen atoms in total. The van der Waals surface area contributed by atoms with Crippen LogP contribution >= 0.6 is 8.38 Å². The number of aryl methyl sites for hydroxylation is 1. The Bertz CT molecular complexity index is 1140. The number of benzene rings is 1. The molecule has 172 valence electrons. The van der Waals surface area contributed by atoms with Gasteiger partial charge in [-0.15, -0.1) is 0 Å². The maximum atomic E-state index is 12.7. The fourth-order valence-corrected chi connectivity index (χ4v) is 4.74. The molecule has 1 aliphatic heterocycles. The van der Waals surface area contributed by atoms with Crippen molar-refractivity contribution in [2.75, 3.05) is 19.6 Å². The summed E-state index contributed by atoms with van der Waals surface area (Å²) in [5.41, 5.74) is 4.50. The van der Waals surface area contributed by atoms with Gasteiger partial charge < -0.3 is 23.5 Å². The third-order valence-electron chi connectivity index (χ3n) is 5.10. The Morgan fingerprint density at radius 3 is 2.50 bits per heavy atom. The molecule has 0 bridgehead atoms. The van der Waals surface area contributed by atoms with Gasteiger partial charge in [0.1, 0.15) is 5.75 Å². The molecule has 0 spiro atoms. The first-order chi connectivity index (χ1) is 15.5. The minimum Gasteiger partial charge on any atom is -0.484 e. The molecule has 1 N–H and O–H groups in total. The summed E-state index contributed by atoms with van der Waals surface area (Å²) < 4.78 is 18.7.